The zero-order valence-electron chi connectivity index (χ0n) is 10.9. The van der Waals surface area contributed by atoms with Crippen molar-refractivity contribution in [1.29, 1.82) is 0 Å². The lowest BCUT2D eigenvalue weighted by atomic mass is 9.83. The number of halogens is 2. The lowest BCUT2D eigenvalue weighted by Crippen LogP contribution is -2.33. The predicted octanol–water partition coefficient (Wildman–Crippen LogP) is 4.20. The second-order valence-corrected chi connectivity index (χ2v) is 6.47. The molecule has 0 radical (unpaired) electrons. The minimum absolute atomic E-state index is 0.00560. The molecule has 2 N–H and O–H groups in total. The molecule has 0 unspecified atom stereocenters. The third kappa shape index (κ3) is 2.04. The van der Waals surface area contributed by atoms with E-state index < -0.39 is 0 Å². The molecule has 3 rings (SSSR count). The van der Waals surface area contributed by atoms with Crippen molar-refractivity contribution in [2.75, 3.05) is 5.73 Å². The van der Waals surface area contributed by atoms with Crippen molar-refractivity contribution in [3.8, 4) is 0 Å². The Morgan fingerprint density at radius 2 is 2.00 bits per heavy atom. The van der Waals surface area contributed by atoms with Gasteiger partial charge in [-0.15, -0.1) is 0 Å². The molecule has 1 aromatic heterocycles. The van der Waals surface area contributed by atoms with Gasteiger partial charge in [0.05, 0.1) is 15.5 Å². The quantitative estimate of drug-likeness (QED) is 0.853. The van der Waals surface area contributed by atoms with Crippen LogP contribution in [0.25, 0.3) is 11.0 Å². The third-order valence-corrected chi connectivity index (χ3v) is 4.80. The van der Waals surface area contributed by atoms with Gasteiger partial charge in [0.1, 0.15) is 5.82 Å². The van der Waals surface area contributed by atoms with Crippen LogP contribution in [0.15, 0.2) is 16.6 Å². The van der Waals surface area contributed by atoms with E-state index in [-0.39, 0.29) is 11.4 Å². The van der Waals surface area contributed by atoms with Crippen molar-refractivity contribution in [2.24, 2.45) is 0 Å². The number of imidazole rings is 1. The number of nitrogens with zero attached hydrogens (tertiary/aromatic N) is 2. The second kappa shape index (κ2) is 4.47. The summed E-state index contributed by atoms with van der Waals surface area (Å²) in [6, 6.07) is 3.23. The first kappa shape index (κ1) is 12.9. The molecular weight excluding hydrogens is 309 g/mol. The number of anilines is 1. The van der Waals surface area contributed by atoms with Crippen molar-refractivity contribution in [1.82, 2.24) is 9.55 Å². The van der Waals surface area contributed by atoms with E-state index in [4.69, 9.17) is 5.73 Å². The number of benzene rings is 1. The third-order valence-electron chi connectivity index (χ3n) is 4.19. The monoisotopic (exact) mass is 325 g/mol. The first-order chi connectivity index (χ1) is 9.01. The summed E-state index contributed by atoms with van der Waals surface area (Å²) in [5.41, 5.74) is 7.62. The van der Waals surface area contributed by atoms with Crippen LogP contribution in [0.4, 0.5) is 10.3 Å². The fourth-order valence-corrected chi connectivity index (χ4v) is 3.53. The summed E-state index contributed by atoms with van der Waals surface area (Å²) in [5.74, 6) is 0.183. The van der Waals surface area contributed by atoms with Crippen molar-refractivity contribution in [3.63, 3.8) is 0 Å². The zero-order valence-corrected chi connectivity index (χ0v) is 12.5. The molecule has 1 saturated carbocycles. The first-order valence-corrected chi connectivity index (χ1v) is 7.44. The minimum atomic E-state index is -0.300. The highest BCUT2D eigenvalue weighted by atomic mass is 79.9. The second-order valence-electron chi connectivity index (χ2n) is 5.62. The molecule has 1 aliphatic rings. The smallest absolute Gasteiger partial charge is 0.201 e. The highest BCUT2D eigenvalue weighted by Crippen LogP contribution is 2.39. The van der Waals surface area contributed by atoms with Crippen molar-refractivity contribution < 1.29 is 4.39 Å². The van der Waals surface area contributed by atoms with Gasteiger partial charge in [-0.1, -0.05) is 19.3 Å². The molecule has 5 heteroatoms. The van der Waals surface area contributed by atoms with Crippen molar-refractivity contribution in [3.05, 3.63) is 22.4 Å². The summed E-state index contributed by atoms with van der Waals surface area (Å²) in [5, 5.41) is 0. The molecule has 0 saturated heterocycles. The van der Waals surface area contributed by atoms with Gasteiger partial charge in [-0.3, -0.25) is 0 Å². The van der Waals surface area contributed by atoms with Gasteiger partial charge in [0.25, 0.3) is 0 Å². The van der Waals surface area contributed by atoms with E-state index in [1.165, 1.54) is 25.3 Å². The summed E-state index contributed by atoms with van der Waals surface area (Å²) in [6.45, 7) is 2.22. The van der Waals surface area contributed by atoms with Crippen LogP contribution in [-0.4, -0.2) is 9.55 Å². The van der Waals surface area contributed by atoms with Gasteiger partial charge in [0, 0.05) is 11.6 Å². The Labute approximate surface area is 120 Å². The standard InChI is InChI=1S/C14H17BrFN3/c1-14(5-3-2-4-6-14)19-12-7-9(15)10(16)8-11(12)18-13(19)17/h7-8H,2-6H2,1H3,(H2,17,18). The Bertz CT molecular complexity index is 629. The maximum absolute atomic E-state index is 13.6. The van der Waals surface area contributed by atoms with E-state index in [0.29, 0.717) is 15.9 Å². The van der Waals surface area contributed by atoms with E-state index >= 15 is 0 Å². The molecule has 102 valence electrons. The van der Waals surface area contributed by atoms with Gasteiger partial charge < -0.3 is 10.3 Å². The van der Waals surface area contributed by atoms with Crippen LogP contribution in [-0.2, 0) is 5.54 Å². The fraction of sp³-hybridized carbons (Fsp3) is 0.500. The Hall–Kier alpha value is -1.10. The van der Waals surface area contributed by atoms with Crippen molar-refractivity contribution >= 4 is 32.9 Å². The highest BCUT2D eigenvalue weighted by Gasteiger charge is 2.32. The van der Waals surface area contributed by atoms with E-state index in [2.05, 4.69) is 32.4 Å². The summed E-state index contributed by atoms with van der Waals surface area (Å²) >= 11 is 3.24. The number of aromatic nitrogens is 2. The van der Waals surface area contributed by atoms with Gasteiger partial charge in [-0.2, -0.15) is 0 Å². The largest absolute Gasteiger partial charge is 0.369 e. The van der Waals surface area contributed by atoms with Gasteiger partial charge in [0.15, 0.2) is 0 Å². The molecule has 1 fully saturated rings. The minimum Gasteiger partial charge on any atom is -0.369 e. The van der Waals surface area contributed by atoms with Gasteiger partial charge >= 0.3 is 0 Å². The van der Waals surface area contributed by atoms with Crippen LogP contribution in [0.2, 0.25) is 0 Å². The molecule has 0 spiro atoms. The van der Waals surface area contributed by atoms with E-state index in [0.717, 1.165) is 18.4 Å². The summed E-state index contributed by atoms with van der Waals surface area (Å²) in [7, 11) is 0. The lowest BCUT2D eigenvalue weighted by molar-refractivity contribution is 0.228. The van der Waals surface area contributed by atoms with E-state index in [1.807, 2.05) is 0 Å². The number of hydrogen-bond acceptors (Lipinski definition) is 2. The Kier molecular flexibility index (Phi) is 3.04. The number of rotatable bonds is 1. The topological polar surface area (TPSA) is 43.8 Å². The van der Waals surface area contributed by atoms with Crippen LogP contribution in [0.1, 0.15) is 39.0 Å². The molecule has 3 nitrogen and oxygen atoms in total. The summed E-state index contributed by atoms with van der Waals surface area (Å²) in [4.78, 5) is 4.32. The molecule has 1 aliphatic carbocycles. The predicted molar refractivity (Wildman–Crippen MR) is 78.5 cm³/mol. The maximum atomic E-state index is 13.6. The molecule has 0 amide bonds. The van der Waals surface area contributed by atoms with Gasteiger partial charge in [-0.05, 0) is 41.8 Å². The molecule has 2 aromatic rings. The number of nitrogens with two attached hydrogens (primary N) is 1. The van der Waals surface area contributed by atoms with Gasteiger partial charge in [-0.25, -0.2) is 9.37 Å². The Morgan fingerprint density at radius 1 is 1.32 bits per heavy atom. The van der Waals surface area contributed by atoms with E-state index in [9.17, 15) is 4.39 Å². The van der Waals surface area contributed by atoms with Crippen LogP contribution >= 0.6 is 15.9 Å². The molecule has 1 aromatic carbocycles. The molecule has 1 heterocycles. The molecule has 0 aliphatic heterocycles. The number of fused-ring (bicyclic) bond motifs is 1. The Morgan fingerprint density at radius 3 is 2.68 bits per heavy atom. The molecule has 19 heavy (non-hydrogen) atoms. The van der Waals surface area contributed by atoms with Crippen LogP contribution < -0.4 is 5.73 Å². The summed E-state index contributed by atoms with van der Waals surface area (Å²) < 4.78 is 16.1. The summed E-state index contributed by atoms with van der Waals surface area (Å²) in [6.07, 6.45) is 5.88. The zero-order chi connectivity index (χ0) is 13.6. The maximum Gasteiger partial charge on any atom is 0.201 e. The molecule has 0 bridgehead atoms. The SMILES string of the molecule is CC1(n2c(N)nc3cc(F)c(Br)cc32)CCCCC1. The van der Waals surface area contributed by atoms with Crippen LogP contribution in [0, 0.1) is 5.82 Å². The lowest BCUT2D eigenvalue weighted by Gasteiger charge is -2.36. The number of hydrogen-bond donors (Lipinski definition) is 1. The molecular formula is C14H17BrFN3. The Balaban J connectivity index is 2.22. The normalized spacial score (nSPS) is 18.9. The molecule has 0 atom stereocenters. The van der Waals surface area contributed by atoms with Crippen LogP contribution in [0.5, 0.6) is 0 Å². The average molecular weight is 326 g/mol. The van der Waals surface area contributed by atoms with Gasteiger partial charge in [0.2, 0.25) is 5.95 Å². The highest BCUT2D eigenvalue weighted by molar-refractivity contribution is 9.10. The van der Waals surface area contributed by atoms with Crippen LogP contribution in [0.3, 0.4) is 0 Å². The number of nitrogen functional groups attached to an aromatic ring is 1. The first-order valence-electron chi connectivity index (χ1n) is 6.65. The fourth-order valence-electron chi connectivity index (χ4n) is 3.20. The van der Waals surface area contributed by atoms with Crippen molar-refractivity contribution in [2.45, 2.75) is 44.6 Å². The average Bonchev–Trinajstić information content (AvgIpc) is 2.67. The van der Waals surface area contributed by atoms with E-state index in [1.54, 1.807) is 6.07 Å².